The Labute approximate surface area is 215 Å². The average Bonchev–Trinajstić information content (AvgIpc) is 3.14. The summed E-state index contributed by atoms with van der Waals surface area (Å²) in [4.78, 5) is 39.0. The molecule has 1 aromatic rings. The van der Waals surface area contributed by atoms with Crippen molar-refractivity contribution >= 4 is 17.6 Å². The van der Waals surface area contributed by atoms with Crippen LogP contribution in [0.15, 0.2) is 36.4 Å². The molecule has 2 amide bonds. The molecule has 2 bridgehead atoms. The number of carbonyl (C=O) groups excluding carboxylic acids is 3. The summed E-state index contributed by atoms with van der Waals surface area (Å²) in [5.74, 6) is -0.773. The number of ketones is 1. The highest BCUT2D eigenvalue weighted by Crippen LogP contribution is 2.36. The van der Waals surface area contributed by atoms with E-state index in [9.17, 15) is 18.8 Å². The van der Waals surface area contributed by atoms with Gasteiger partial charge >= 0.3 is 0 Å². The molecule has 1 N–H and O–H groups in total. The normalized spacial score (nSPS) is 22.4. The number of rotatable bonds is 7. The minimum absolute atomic E-state index is 0.000124. The predicted molar refractivity (Wildman–Crippen MR) is 141 cm³/mol. The summed E-state index contributed by atoms with van der Waals surface area (Å²) in [6, 6.07) is 6.43. The molecule has 2 saturated heterocycles. The molecule has 3 atom stereocenters. The van der Waals surface area contributed by atoms with Crippen LogP contribution in [0.4, 0.5) is 4.39 Å². The zero-order chi connectivity index (χ0) is 26.2. The number of carbonyl (C=O) groups is 3. The van der Waals surface area contributed by atoms with Crippen LogP contribution in [-0.4, -0.2) is 40.6 Å². The highest BCUT2D eigenvalue weighted by atomic mass is 19.1. The van der Waals surface area contributed by atoms with Crippen molar-refractivity contribution in [2.75, 3.05) is 0 Å². The van der Waals surface area contributed by atoms with Crippen molar-refractivity contribution < 1.29 is 18.8 Å². The van der Waals surface area contributed by atoms with Gasteiger partial charge in [0.1, 0.15) is 5.82 Å². The van der Waals surface area contributed by atoms with E-state index >= 15 is 0 Å². The van der Waals surface area contributed by atoms with Crippen LogP contribution in [-0.2, 0) is 9.59 Å². The fourth-order valence-electron chi connectivity index (χ4n) is 5.89. The lowest BCUT2D eigenvalue weighted by molar-refractivity contribution is -0.131. The summed E-state index contributed by atoms with van der Waals surface area (Å²) in [6.07, 6.45) is 12.2. The van der Waals surface area contributed by atoms with Crippen LogP contribution >= 0.6 is 0 Å². The van der Waals surface area contributed by atoms with Crippen LogP contribution in [0.25, 0.3) is 0 Å². The van der Waals surface area contributed by atoms with E-state index in [1.807, 2.05) is 20.8 Å². The third kappa shape index (κ3) is 6.83. The Hall–Kier alpha value is -2.50. The fourth-order valence-corrected chi connectivity index (χ4v) is 5.89. The number of fused-ring (bicyclic) bond motifs is 2. The van der Waals surface area contributed by atoms with Crippen molar-refractivity contribution in [3.8, 4) is 0 Å². The second-order valence-corrected chi connectivity index (χ2v) is 10.9. The second kappa shape index (κ2) is 13.2. The van der Waals surface area contributed by atoms with E-state index in [4.69, 9.17) is 0 Å². The number of halogens is 1. The van der Waals surface area contributed by atoms with Crippen molar-refractivity contribution in [1.29, 1.82) is 0 Å². The molecule has 3 unspecified atom stereocenters. The van der Waals surface area contributed by atoms with Crippen molar-refractivity contribution in [2.45, 2.75) is 110 Å². The van der Waals surface area contributed by atoms with E-state index in [1.165, 1.54) is 50.7 Å². The molecule has 0 aromatic heterocycles. The van der Waals surface area contributed by atoms with Gasteiger partial charge in [0.05, 0.1) is 11.6 Å². The van der Waals surface area contributed by atoms with Gasteiger partial charge in [-0.1, -0.05) is 58.7 Å². The molecule has 1 aliphatic carbocycles. The van der Waals surface area contributed by atoms with Crippen molar-refractivity contribution in [3.63, 3.8) is 0 Å². The monoisotopic (exact) mass is 498 g/mol. The lowest BCUT2D eigenvalue weighted by atomic mass is 9.80. The molecule has 5 nitrogen and oxygen atoms in total. The lowest BCUT2D eigenvalue weighted by Gasteiger charge is -2.35. The van der Waals surface area contributed by atoms with Gasteiger partial charge in [0.15, 0.2) is 5.78 Å². The lowest BCUT2D eigenvalue weighted by Crippen LogP contribution is -2.48. The molecule has 198 valence electrons. The van der Waals surface area contributed by atoms with Crippen LogP contribution < -0.4 is 5.32 Å². The van der Waals surface area contributed by atoms with Crippen LogP contribution in [0.2, 0.25) is 0 Å². The Morgan fingerprint density at radius 3 is 2.14 bits per heavy atom. The van der Waals surface area contributed by atoms with E-state index in [0.717, 1.165) is 37.7 Å². The van der Waals surface area contributed by atoms with Crippen molar-refractivity contribution in [2.24, 2.45) is 11.8 Å². The van der Waals surface area contributed by atoms with E-state index in [0.29, 0.717) is 12.1 Å². The molecule has 36 heavy (non-hydrogen) atoms. The number of nitrogens with one attached hydrogen (secondary N) is 1. The number of hydrogen-bond donors (Lipinski definition) is 1. The third-order valence-corrected chi connectivity index (χ3v) is 8.06. The van der Waals surface area contributed by atoms with Gasteiger partial charge in [-0.25, -0.2) is 4.39 Å². The number of amides is 2. The van der Waals surface area contributed by atoms with Crippen LogP contribution in [0.5, 0.6) is 0 Å². The number of nitrogens with zero attached hydrogens (tertiary/aromatic N) is 1. The Balaban J connectivity index is 0.000000221. The van der Waals surface area contributed by atoms with Gasteiger partial charge in [0.2, 0.25) is 5.91 Å². The molecule has 2 heterocycles. The Morgan fingerprint density at radius 1 is 0.972 bits per heavy atom. The molecule has 0 radical (unpaired) electrons. The van der Waals surface area contributed by atoms with Gasteiger partial charge in [-0.15, -0.1) is 0 Å². The van der Waals surface area contributed by atoms with E-state index in [2.05, 4.69) is 16.8 Å². The third-order valence-electron chi connectivity index (χ3n) is 8.06. The van der Waals surface area contributed by atoms with Gasteiger partial charge < -0.3 is 10.2 Å². The molecule has 0 spiro atoms. The molecule has 6 heteroatoms. The van der Waals surface area contributed by atoms with Crippen LogP contribution in [0.3, 0.4) is 0 Å². The summed E-state index contributed by atoms with van der Waals surface area (Å²) >= 11 is 0. The maximum Gasteiger partial charge on any atom is 0.254 e. The highest BCUT2D eigenvalue weighted by molar-refractivity contribution is 5.98. The summed E-state index contributed by atoms with van der Waals surface area (Å²) in [7, 11) is 0. The molecular formula is C30H43FN2O3. The number of hydrogen-bond acceptors (Lipinski definition) is 3. The molecule has 3 aliphatic rings. The fraction of sp³-hybridized carbons (Fsp3) is 0.633. The largest absolute Gasteiger partial charge is 0.342 e. The zero-order valence-electron chi connectivity index (χ0n) is 22.2. The van der Waals surface area contributed by atoms with Gasteiger partial charge in [-0.3, -0.25) is 14.4 Å². The minimum atomic E-state index is -0.556. The van der Waals surface area contributed by atoms with E-state index < -0.39 is 17.8 Å². The summed E-state index contributed by atoms with van der Waals surface area (Å²) in [5, 5.41) is 2.80. The SMILES string of the molecule is C=C(CC)C(=O)N1C2CCCC1CC2.CC(C)C(=O)C(NC(=O)c1ccccc1F)C1CCCCC1. The number of benzene rings is 1. The van der Waals surface area contributed by atoms with E-state index in [1.54, 1.807) is 12.1 Å². The molecule has 1 aromatic carbocycles. The number of piperidine rings is 1. The first-order chi connectivity index (χ1) is 17.2. The second-order valence-electron chi connectivity index (χ2n) is 10.9. The van der Waals surface area contributed by atoms with Crippen LogP contribution in [0, 0.1) is 17.7 Å². The quantitative estimate of drug-likeness (QED) is 0.454. The van der Waals surface area contributed by atoms with Gasteiger partial charge in [0, 0.05) is 23.6 Å². The topological polar surface area (TPSA) is 66.5 Å². The molecule has 1 saturated carbocycles. The van der Waals surface area contributed by atoms with Crippen molar-refractivity contribution in [1.82, 2.24) is 10.2 Å². The van der Waals surface area contributed by atoms with Gasteiger partial charge in [-0.05, 0) is 69.4 Å². The maximum absolute atomic E-state index is 13.7. The molecular weight excluding hydrogens is 455 g/mol. The molecule has 4 rings (SSSR count). The Kier molecular flexibility index (Phi) is 10.3. The van der Waals surface area contributed by atoms with Gasteiger partial charge in [-0.2, -0.15) is 0 Å². The van der Waals surface area contributed by atoms with Crippen LogP contribution in [0.1, 0.15) is 102 Å². The van der Waals surface area contributed by atoms with Gasteiger partial charge in [0.25, 0.3) is 5.91 Å². The first-order valence-corrected chi connectivity index (χ1v) is 13.8. The Bertz CT molecular complexity index is 922. The Morgan fingerprint density at radius 2 is 1.58 bits per heavy atom. The van der Waals surface area contributed by atoms with E-state index in [-0.39, 0.29) is 29.1 Å². The summed E-state index contributed by atoms with van der Waals surface area (Å²) < 4.78 is 13.7. The molecule has 3 fully saturated rings. The summed E-state index contributed by atoms with van der Waals surface area (Å²) in [5.41, 5.74) is 0.781. The first-order valence-electron chi connectivity index (χ1n) is 13.8. The zero-order valence-corrected chi connectivity index (χ0v) is 22.2. The standard InChI is InChI=1S/C18H24FNO2.C12H19NO/c1-12(2)17(21)16(13-8-4-3-5-9-13)20-18(22)14-10-6-7-11-15(14)19;1-3-9(2)12(14)13-10-5-4-6-11(13)8-7-10/h6-7,10-13,16H,3-5,8-9H2,1-2H3,(H,20,22);10-11H,2-8H2,1H3. The first kappa shape index (κ1) is 28.1. The number of Topliss-reactive ketones (excluding diaryl/α,β-unsaturated/α-hetero) is 1. The average molecular weight is 499 g/mol. The summed E-state index contributed by atoms with van der Waals surface area (Å²) in [6.45, 7) is 9.54. The maximum atomic E-state index is 13.7. The highest BCUT2D eigenvalue weighted by Gasteiger charge is 2.39. The predicted octanol–water partition coefficient (Wildman–Crippen LogP) is 6.23. The molecule has 2 aliphatic heterocycles. The minimum Gasteiger partial charge on any atom is -0.342 e. The van der Waals surface area contributed by atoms with Crippen molar-refractivity contribution in [3.05, 3.63) is 47.8 Å². The smallest absolute Gasteiger partial charge is 0.254 e.